The third-order valence-electron chi connectivity index (χ3n) is 5.45. The number of aliphatic hydroxyl groups excluding tert-OH is 1. The molecule has 0 saturated carbocycles. The number of likely N-dealkylation sites (tertiary alicyclic amines) is 1. The molecule has 0 spiro atoms. The first-order valence-electron chi connectivity index (χ1n) is 10.6. The van der Waals surface area contributed by atoms with Gasteiger partial charge in [0.15, 0.2) is 17.5 Å². The fourth-order valence-corrected chi connectivity index (χ4v) is 3.77. The molecular weight excluding hydrogens is 382 g/mol. The quantitative estimate of drug-likeness (QED) is 0.509. The van der Waals surface area contributed by atoms with Crippen LogP contribution in [0.15, 0.2) is 41.9 Å². The zero-order valence-corrected chi connectivity index (χ0v) is 18.1. The Hall–Kier alpha value is -2.74. The third-order valence-corrected chi connectivity index (χ3v) is 5.45. The second kappa shape index (κ2) is 10.9. The lowest BCUT2D eigenvalue weighted by Gasteiger charge is -2.39. The summed E-state index contributed by atoms with van der Waals surface area (Å²) in [6.45, 7) is 7.85. The predicted octanol–water partition coefficient (Wildman–Crippen LogP) is 2.31. The van der Waals surface area contributed by atoms with Crippen molar-refractivity contribution in [3.05, 3.63) is 42.5 Å². The number of piperidine rings is 1. The molecule has 1 aliphatic heterocycles. The molecule has 8 nitrogen and oxygen atoms in total. The summed E-state index contributed by atoms with van der Waals surface area (Å²) in [5.74, 6) is 2.79. The second-order valence-corrected chi connectivity index (χ2v) is 7.52. The van der Waals surface area contributed by atoms with Gasteiger partial charge in [-0.15, -0.1) is 0 Å². The molecule has 2 N–H and O–H groups in total. The van der Waals surface area contributed by atoms with Crippen LogP contribution >= 0.6 is 0 Å². The van der Waals surface area contributed by atoms with E-state index >= 15 is 0 Å². The molecule has 1 fully saturated rings. The number of nitrogens with one attached hydrogen (secondary N) is 1. The number of benzene rings is 1. The summed E-state index contributed by atoms with van der Waals surface area (Å²) in [4.78, 5) is 11.4. The number of ether oxygens (including phenoxy) is 2. The zero-order valence-electron chi connectivity index (χ0n) is 18.1. The van der Waals surface area contributed by atoms with E-state index in [-0.39, 0.29) is 13.2 Å². The lowest BCUT2D eigenvalue weighted by molar-refractivity contribution is 0.189. The summed E-state index contributed by atoms with van der Waals surface area (Å²) in [5, 5.41) is 12.4. The highest BCUT2D eigenvalue weighted by molar-refractivity contribution is 5.80. The maximum atomic E-state index is 8.96. The summed E-state index contributed by atoms with van der Waals surface area (Å²) in [6.07, 6.45) is 6.90. The second-order valence-electron chi connectivity index (χ2n) is 7.52. The SMILES string of the molecule is CCNC(=NCc1ccc(OCCO)c(OC)c1)N1CCC(C)C(n2ccnc2)C1. The monoisotopic (exact) mass is 415 g/mol. The molecule has 0 amide bonds. The summed E-state index contributed by atoms with van der Waals surface area (Å²) >= 11 is 0. The highest BCUT2D eigenvalue weighted by Crippen LogP contribution is 2.29. The van der Waals surface area contributed by atoms with Gasteiger partial charge in [-0.05, 0) is 37.0 Å². The maximum Gasteiger partial charge on any atom is 0.194 e. The van der Waals surface area contributed by atoms with Gasteiger partial charge in [-0.3, -0.25) is 0 Å². The van der Waals surface area contributed by atoms with Crippen molar-refractivity contribution in [2.45, 2.75) is 32.9 Å². The van der Waals surface area contributed by atoms with Gasteiger partial charge in [0.1, 0.15) is 6.61 Å². The topological polar surface area (TPSA) is 84.1 Å². The van der Waals surface area contributed by atoms with Crippen LogP contribution in [-0.2, 0) is 6.54 Å². The molecule has 0 bridgehead atoms. The number of nitrogens with zero attached hydrogens (tertiary/aromatic N) is 4. The van der Waals surface area contributed by atoms with Crippen LogP contribution in [0.4, 0.5) is 0 Å². The molecular formula is C22H33N5O3. The standard InChI is InChI=1S/C22H33N5O3/c1-4-24-22(26-9-7-17(2)19(15-26)27-10-8-23-16-27)25-14-18-5-6-20(30-12-11-28)21(13-18)29-3/h5-6,8,10,13,16-17,19,28H,4,7,9,11-12,14-15H2,1-3H3,(H,24,25). The molecule has 0 radical (unpaired) electrons. The van der Waals surface area contributed by atoms with Gasteiger partial charge in [-0.25, -0.2) is 9.98 Å². The molecule has 2 atom stereocenters. The van der Waals surface area contributed by atoms with Crippen molar-refractivity contribution in [1.82, 2.24) is 19.8 Å². The van der Waals surface area contributed by atoms with E-state index in [1.165, 1.54) is 0 Å². The van der Waals surface area contributed by atoms with Crippen LogP contribution in [0.1, 0.15) is 31.9 Å². The Kier molecular flexibility index (Phi) is 7.96. The van der Waals surface area contributed by atoms with E-state index < -0.39 is 0 Å². The summed E-state index contributed by atoms with van der Waals surface area (Å²) in [6, 6.07) is 6.17. The van der Waals surface area contributed by atoms with Crippen molar-refractivity contribution in [3.63, 3.8) is 0 Å². The van der Waals surface area contributed by atoms with Gasteiger partial charge in [0.05, 0.1) is 32.6 Å². The Morgan fingerprint density at radius 3 is 2.93 bits per heavy atom. The van der Waals surface area contributed by atoms with E-state index in [4.69, 9.17) is 19.6 Å². The van der Waals surface area contributed by atoms with Gasteiger partial charge in [-0.2, -0.15) is 0 Å². The minimum atomic E-state index is -0.0320. The molecule has 1 aromatic carbocycles. The Labute approximate surface area is 178 Å². The van der Waals surface area contributed by atoms with Crippen molar-refractivity contribution in [2.24, 2.45) is 10.9 Å². The molecule has 1 saturated heterocycles. The Bertz CT molecular complexity index is 809. The highest BCUT2D eigenvalue weighted by Gasteiger charge is 2.28. The highest BCUT2D eigenvalue weighted by atomic mass is 16.5. The van der Waals surface area contributed by atoms with Crippen molar-refractivity contribution in [3.8, 4) is 11.5 Å². The number of methoxy groups -OCH3 is 1. The van der Waals surface area contributed by atoms with E-state index in [1.54, 1.807) is 7.11 Å². The van der Waals surface area contributed by atoms with Gasteiger partial charge < -0.3 is 29.4 Å². The number of hydrogen-bond acceptors (Lipinski definition) is 5. The average Bonchev–Trinajstić information content (AvgIpc) is 3.30. The summed E-state index contributed by atoms with van der Waals surface area (Å²) in [7, 11) is 1.61. The molecule has 1 aromatic heterocycles. The van der Waals surface area contributed by atoms with Crippen molar-refractivity contribution in [2.75, 3.05) is 40.0 Å². The van der Waals surface area contributed by atoms with E-state index in [9.17, 15) is 0 Å². The van der Waals surface area contributed by atoms with Crippen molar-refractivity contribution < 1.29 is 14.6 Å². The smallest absolute Gasteiger partial charge is 0.194 e. The van der Waals surface area contributed by atoms with E-state index in [1.807, 2.05) is 36.9 Å². The number of aromatic nitrogens is 2. The van der Waals surface area contributed by atoms with E-state index in [0.29, 0.717) is 30.0 Å². The normalized spacial score (nSPS) is 19.6. The van der Waals surface area contributed by atoms with Crippen LogP contribution in [-0.4, -0.2) is 65.5 Å². The Morgan fingerprint density at radius 2 is 2.23 bits per heavy atom. The van der Waals surface area contributed by atoms with Gasteiger partial charge in [0.2, 0.25) is 0 Å². The van der Waals surface area contributed by atoms with Crippen LogP contribution in [0.5, 0.6) is 11.5 Å². The molecule has 164 valence electrons. The lowest BCUT2D eigenvalue weighted by Crippen LogP contribution is -2.49. The minimum absolute atomic E-state index is 0.0320. The molecule has 0 aliphatic carbocycles. The molecule has 2 aromatic rings. The van der Waals surface area contributed by atoms with Gasteiger partial charge >= 0.3 is 0 Å². The van der Waals surface area contributed by atoms with E-state index in [0.717, 1.165) is 37.6 Å². The van der Waals surface area contributed by atoms with Crippen LogP contribution in [0.25, 0.3) is 0 Å². The summed E-state index contributed by atoms with van der Waals surface area (Å²) in [5.41, 5.74) is 1.04. The molecule has 8 heteroatoms. The number of aliphatic hydroxyl groups is 1. The third kappa shape index (κ3) is 5.44. The largest absolute Gasteiger partial charge is 0.493 e. The van der Waals surface area contributed by atoms with Gasteiger partial charge in [-0.1, -0.05) is 13.0 Å². The van der Waals surface area contributed by atoms with Crippen LogP contribution < -0.4 is 14.8 Å². The number of aliphatic imine (C=N–C) groups is 1. The Balaban J connectivity index is 1.72. The fourth-order valence-electron chi connectivity index (χ4n) is 3.77. The van der Waals surface area contributed by atoms with Crippen LogP contribution in [0.3, 0.4) is 0 Å². The molecule has 2 unspecified atom stereocenters. The average molecular weight is 416 g/mol. The summed E-state index contributed by atoms with van der Waals surface area (Å²) < 4.78 is 13.1. The number of hydrogen-bond donors (Lipinski definition) is 2. The molecule has 2 heterocycles. The Morgan fingerprint density at radius 1 is 1.37 bits per heavy atom. The minimum Gasteiger partial charge on any atom is -0.493 e. The molecule has 30 heavy (non-hydrogen) atoms. The van der Waals surface area contributed by atoms with Gasteiger partial charge in [0.25, 0.3) is 0 Å². The van der Waals surface area contributed by atoms with E-state index in [2.05, 4.69) is 33.6 Å². The first-order valence-corrected chi connectivity index (χ1v) is 10.6. The first kappa shape index (κ1) is 22.0. The molecule has 3 rings (SSSR count). The number of imidazole rings is 1. The lowest BCUT2D eigenvalue weighted by atomic mass is 9.93. The predicted molar refractivity (Wildman–Crippen MR) is 117 cm³/mol. The molecule has 1 aliphatic rings. The van der Waals surface area contributed by atoms with Crippen LogP contribution in [0, 0.1) is 5.92 Å². The van der Waals surface area contributed by atoms with Gasteiger partial charge in [0, 0.05) is 32.0 Å². The number of guanidine groups is 1. The first-order chi connectivity index (χ1) is 14.7. The van der Waals surface area contributed by atoms with Crippen molar-refractivity contribution in [1.29, 1.82) is 0 Å². The van der Waals surface area contributed by atoms with Crippen molar-refractivity contribution >= 4 is 5.96 Å². The van der Waals surface area contributed by atoms with Crippen LogP contribution in [0.2, 0.25) is 0 Å². The number of rotatable bonds is 8. The zero-order chi connectivity index (χ0) is 21.3. The maximum absolute atomic E-state index is 8.96. The fraction of sp³-hybridized carbons (Fsp3) is 0.545.